The quantitative estimate of drug-likeness (QED) is 0.193. The number of esters is 1. The average molecular weight is 539 g/mol. The molecule has 4 aromatic rings. The van der Waals surface area contributed by atoms with E-state index in [2.05, 4.69) is 37.1 Å². The number of ether oxygens (including phenoxy) is 3. The van der Waals surface area contributed by atoms with Gasteiger partial charge in [-0.3, -0.25) is 4.98 Å². The first-order valence-electron chi connectivity index (χ1n) is 13.0. The molecule has 0 bridgehead atoms. The van der Waals surface area contributed by atoms with Crippen LogP contribution in [0.25, 0.3) is 16.7 Å². The summed E-state index contributed by atoms with van der Waals surface area (Å²) in [6.07, 6.45) is 5.27. The van der Waals surface area contributed by atoms with Crippen LogP contribution in [-0.4, -0.2) is 23.6 Å². The third kappa shape index (κ3) is 5.54. The monoisotopic (exact) mass is 538 g/mol. The zero-order valence-electron chi connectivity index (χ0n) is 23.2. The van der Waals surface area contributed by atoms with Gasteiger partial charge in [-0.05, 0) is 86.9 Å². The molecule has 6 nitrogen and oxygen atoms in total. The van der Waals surface area contributed by atoms with Crippen LogP contribution >= 0.6 is 0 Å². The first kappa shape index (κ1) is 26.9. The normalized spacial score (nSPS) is 13.5. The Labute approximate surface area is 233 Å². The van der Waals surface area contributed by atoms with Crippen molar-refractivity contribution in [1.29, 1.82) is 0 Å². The van der Waals surface area contributed by atoms with Gasteiger partial charge in [-0.25, -0.2) is 9.18 Å². The van der Waals surface area contributed by atoms with E-state index in [0.29, 0.717) is 22.8 Å². The molecule has 1 N–H and O–H groups in total. The van der Waals surface area contributed by atoms with Crippen molar-refractivity contribution in [2.75, 3.05) is 12.4 Å². The Kier molecular flexibility index (Phi) is 7.30. The van der Waals surface area contributed by atoms with E-state index in [4.69, 9.17) is 14.2 Å². The number of benzene rings is 3. The summed E-state index contributed by atoms with van der Waals surface area (Å²) in [6.45, 7) is 8.37. The summed E-state index contributed by atoms with van der Waals surface area (Å²) in [4.78, 5) is 16.7. The van der Waals surface area contributed by atoms with Gasteiger partial charge >= 0.3 is 5.97 Å². The first-order valence-corrected chi connectivity index (χ1v) is 13.0. The van der Waals surface area contributed by atoms with Gasteiger partial charge in [0.05, 0.1) is 18.2 Å². The highest BCUT2D eigenvalue weighted by Crippen LogP contribution is 2.43. The van der Waals surface area contributed by atoms with Crippen LogP contribution in [0.2, 0.25) is 0 Å². The number of rotatable bonds is 7. The van der Waals surface area contributed by atoms with Crippen molar-refractivity contribution < 1.29 is 23.4 Å². The second-order valence-electron chi connectivity index (χ2n) is 10.4. The van der Waals surface area contributed by atoms with Crippen LogP contribution in [0.4, 0.5) is 10.1 Å². The number of carbonyl (C=O) groups excluding carboxylic acids is 1. The first-order chi connectivity index (χ1) is 19.1. The lowest BCUT2D eigenvalue weighted by molar-refractivity contribution is 0.0734. The molecule has 0 fully saturated rings. The van der Waals surface area contributed by atoms with Crippen LogP contribution in [-0.2, 0) is 6.61 Å². The molecule has 3 aromatic carbocycles. The number of anilines is 1. The van der Waals surface area contributed by atoms with Gasteiger partial charge < -0.3 is 19.5 Å². The number of aromatic nitrogens is 1. The molecule has 1 aliphatic heterocycles. The number of hydrogen-bond acceptors (Lipinski definition) is 6. The minimum atomic E-state index is -0.487. The van der Waals surface area contributed by atoms with Crippen molar-refractivity contribution >= 4 is 17.2 Å². The Bertz CT molecular complexity index is 1610. The molecule has 7 heteroatoms. The molecule has 1 aromatic heterocycles. The molecule has 0 saturated carbocycles. The summed E-state index contributed by atoms with van der Waals surface area (Å²) in [5, 5.41) is 3.59. The number of nitrogens with zero attached hydrogens (tertiary/aromatic N) is 1. The van der Waals surface area contributed by atoms with E-state index < -0.39 is 5.97 Å². The van der Waals surface area contributed by atoms with Crippen molar-refractivity contribution in [2.45, 2.75) is 39.8 Å². The topological polar surface area (TPSA) is 69.7 Å². The minimum absolute atomic E-state index is 0.181. The largest absolute Gasteiger partial charge is 0.496 e. The van der Waals surface area contributed by atoms with Crippen LogP contribution in [0, 0.1) is 12.7 Å². The van der Waals surface area contributed by atoms with Gasteiger partial charge in [-0.1, -0.05) is 18.2 Å². The molecule has 0 spiro atoms. The number of fused-ring (bicyclic) bond motifs is 1. The van der Waals surface area contributed by atoms with Crippen LogP contribution < -0.4 is 19.5 Å². The predicted molar refractivity (Wildman–Crippen MR) is 154 cm³/mol. The number of hydrogen-bond donors (Lipinski definition) is 1. The lowest BCUT2D eigenvalue weighted by Crippen LogP contribution is -2.32. The second-order valence-corrected chi connectivity index (χ2v) is 10.4. The Hall–Kier alpha value is -4.65. The molecule has 40 heavy (non-hydrogen) atoms. The number of allylic oxidation sites excluding steroid dienone is 1. The zero-order valence-corrected chi connectivity index (χ0v) is 23.2. The fraction of sp³-hybridized carbons (Fsp3) is 0.212. The van der Waals surface area contributed by atoms with Crippen molar-refractivity contribution in [3.63, 3.8) is 0 Å². The number of pyridine rings is 1. The van der Waals surface area contributed by atoms with Gasteiger partial charge in [-0.15, -0.1) is 0 Å². The highest BCUT2D eigenvalue weighted by atomic mass is 19.1. The lowest BCUT2D eigenvalue weighted by Gasteiger charge is -2.33. The van der Waals surface area contributed by atoms with E-state index in [1.807, 2.05) is 19.1 Å². The molecule has 204 valence electrons. The van der Waals surface area contributed by atoms with E-state index in [1.165, 1.54) is 12.1 Å². The van der Waals surface area contributed by atoms with Crippen molar-refractivity contribution in [1.82, 2.24) is 4.98 Å². The number of methoxy groups -OCH3 is 1. The van der Waals surface area contributed by atoms with Crippen LogP contribution in [0.5, 0.6) is 17.2 Å². The number of nitrogens with one attached hydrogen (secondary N) is 1. The Morgan fingerprint density at radius 2 is 1.73 bits per heavy atom. The van der Waals surface area contributed by atoms with Gasteiger partial charge in [-0.2, -0.15) is 0 Å². The zero-order chi connectivity index (χ0) is 28.4. The molecule has 0 unspecified atom stereocenters. The lowest BCUT2D eigenvalue weighted by atomic mass is 9.85. The van der Waals surface area contributed by atoms with Crippen molar-refractivity contribution in [3.8, 4) is 28.4 Å². The van der Waals surface area contributed by atoms with E-state index in [1.54, 1.807) is 55.9 Å². The molecule has 5 rings (SSSR count). The smallest absolute Gasteiger partial charge is 0.343 e. The summed E-state index contributed by atoms with van der Waals surface area (Å²) in [5.41, 5.74) is 6.56. The van der Waals surface area contributed by atoms with Gasteiger partial charge in [0, 0.05) is 40.8 Å². The third-order valence-corrected chi connectivity index (χ3v) is 6.85. The maximum absolute atomic E-state index is 14.0. The molecule has 0 atom stereocenters. The van der Waals surface area contributed by atoms with Crippen LogP contribution in [0.3, 0.4) is 0 Å². The molecule has 0 amide bonds. The van der Waals surface area contributed by atoms with E-state index in [-0.39, 0.29) is 18.0 Å². The van der Waals surface area contributed by atoms with E-state index >= 15 is 0 Å². The van der Waals surface area contributed by atoms with Gasteiger partial charge in [0.25, 0.3) is 0 Å². The third-order valence-electron chi connectivity index (χ3n) is 6.85. The van der Waals surface area contributed by atoms with Gasteiger partial charge in [0.15, 0.2) is 0 Å². The highest BCUT2D eigenvalue weighted by Gasteiger charge is 2.27. The standard InChI is InChI=1S/C33H31FN2O4/c1-20-6-7-23(34)16-30(20)39-19-27-25(9-10-28-31(27)21(2)18-33(3,4)36-28)26-17-24(8-11-29(26)38-5)40-32(37)22-12-14-35-15-13-22/h6-18,36H,19H2,1-5H3. The Balaban J connectivity index is 1.61. The maximum Gasteiger partial charge on any atom is 0.343 e. The summed E-state index contributed by atoms with van der Waals surface area (Å²) in [5.74, 6) is 0.605. The van der Waals surface area contributed by atoms with Gasteiger partial charge in [0.2, 0.25) is 0 Å². The van der Waals surface area contributed by atoms with Crippen molar-refractivity contribution in [2.24, 2.45) is 0 Å². The summed E-state index contributed by atoms with van der Waals surface area (Å²) < 4.78 is 31.7. The predicted octanol–water partition coefficient (Wildman–Crippen LogP) is 7.61. The second kappa shape index (κ2) is 10.8. The van der Waals surface area contributed by atoms with E-state index in [9.17, 15) is 9.18 Å². The average Bonchev–Trinajstić information content (AvgIpc) is 2.93. The van der Waals surface area contributed by atoms with Crippen molar-refractivity contribution in [3.05, 3.63) is 107 Å². The molecular formula is C33H31FN2O4. The summed E-state index contributed by atoms with van der Waals surface area (Å²) in [7, 11) is 1.60. The van der Waals surface area contributed by atoms with Crippen LogP contribution in [0.15, 0.2) is 79.1 Å². The molecule has 0 saturated heterocycles. The maximum atomic E-state index is 14.0. The summed E-state index contributed by atoms with van der Waals surface area (Å²) >= 11 is 0. The minimum Gasteiger partial charge on any atom is -0.496 e. The molecule has 1 aliphatic rings. The van der Waals surface area contributed by atoms with Crippen LogP contribution in [0.1, 0.15) is 47.8 Å². The number of halogens is 1. The summed E-state index contributed by atoms with van der Waals surface area (Å²) in [6, 6.07) is 17.0. The SMILES string of the molecule is COc1ccc(OC(=O)c2ccncc2)cc1-c1ccc2c(c1COc1cc(F)ccc1C)C(C)=CC(C)(C)N2. The Morgan fingerprint density at radius 1 is 0.950 bits per heavy atom. The van der Waals surface area contributed by atoms with Gasteiger partial charge in [0.1, 0.15) is 29.7 Å². The fourth-order valence-electron chi connectivity index (χ4n) is 5.10. The fourth-order valence-corrected chi connectivity index (χ4v) is 5.10. The molecular weight excluding hydrogens is 507 g/mol. The molecule has 0 radical (unpaired) electrons. The Morgan fingerprint density at radius 3 is 2.48 bits per heavy atom. The molecule has 2 heterocycles. The van der Waals surface area contributed by atoms with E-state index in [0.717, 1.165) is 39.1 Å². The highest BCUT2D eigenvalue weighted by molar-refractivity contribution is 5.92. The number of aryl methyl sites for hydroxylation is 1. The molecule has 0 aliphatic carbocycles. The number of carbonyl (C=O) groups is 1.